The van der Waals surface area contributed by atoms with Crippen LogP contribution in [0.4, 0.5) is 0 Å². The van der Waals surface area contributed by atoms with Crippen molar-refractivity contribution in [3.63, 3.8) is 0 Å². The highest BCUT2D eigenvalue weighted by atomic mass is 16.1. The van der Waals surface area contributed by atoms with Crippen LogP contribution in [-0.2, 0) is 10.2 Å². The molecule has 1 aliphatic rings. The Morgan fingerprint density at radius 1 is 1.50 bits per heavy atom. The molecule has 2 heteroatoms. The Kier molecular flexibility index (Phi) is 1.50. The Balaban J connectivity index is 2.35. The van der Waals surface area contributed by atoms with Crippen LogP contribution in [-0.4, -0.2) is 11.3 Å². The van der Waals surface area contributed by atoms with Gasteiger partial charge in [-0.15, -0.1) is 0 Å². The van der Waals surface area contributed by atoms with Crippen molar-refractivity contribution in [3.05, 3.63) is 29.6 Å². The maximum atomic E-state index is 10.7. The molecule has 62 valence electrons. The highest BCUT2D eigenvalue weighted by Gasteiger charge is 2.45. The summed E-state index contributed by atoms with van der Waals surface area (Å²) in [5, 5.41) is 0. The van der Waals surface area contributed by atoms with E-state index in [1.807, 2.05) is 25.3 Å². The number of aryl methyl sites for hydroxylation is 1. The van der Waals surface area contributed by atoms with Crippen molar-refractivity contribution in [2.45, 2.75) is 25.2 Å². The fourth-order valence-electron chi connectivity index (χ4n) is 1.33. The third kappa shape index (κ3) is 1.04. The van der Waals surface area contributed by atoms with Crippen molar-refractivity contribution in [1.29, 1.82) is 0 Å². The van der Waals surface area contributed by atoms with Gasteiger partial charge in [-0.3, -0.25) is 4.98 Å². The average Bonchev–Trinajstić information content (AvgIpc) is 2.86. The zero-order chi connectivity index (χ0) is 8.60. The van der Waals surface area contributed by atoms with Gasteiger partial charge in [-0.05, 0) is 31.4 Å². The average molecular weight is 161 g/mol. The van der Waals surface area contributed by atoms with Gasteiger partial charge in [0.05, 0.1) is 11.1 Å². The van der Waals surface area contributed by atoms with Crippen LogP contribution in [0.15, 0.2) is 18.3 Å². The molecule has 0 aromatic carbocycles. The molecule has 0 aliphatic heterocycles. The number of carbonyl (C=O) groups excluding carboxylic acids is 1. The van der Waals surface area contributed by atoms with E-state index >= 15 is 0 Å². The van der Waals surface area contributed by atoms with Gasteiger partial charge in [0.15, 0.2) is 0 Å². The van der Waals surface area contributed by atoms with E-state index in [0.717, 1.165) is 30.4 Å². The van der Waals surface area contributed by atoms with E-state index in [0.29, 0.717) is 0 Å². The van der Waals surface area contributed by atoms with Gasteiger partial charge >= 0.3 is 0 Å². The molecule has 0 N–H and O–H groups in total. The van der Waals surface area contributed by atoms with Gasteiger partial charge < -0.3 is 4.79 Å². The Morgan fingerprint density at radius 3 is 2.67 bits per heavy atom. The summed E-state index contributed by atoms with van der Waals surface area (Å²) in [6.45, 7) is 2.00. The van der Waals surface area contributed by atoms with Crippen molar-refractivity contribution >= 4 is 6.29 Å². The van der Waals surface area contributed by atoms with E-state index in [-0.39, 0.29) is 5.41 Å². The molecule has 1 fully saturated rings. The van der Waals surface area contributed by atoms with Crippen LogP contribution in [0, 0.1) is 6.92 Å². The smallest absolute Gasteiger partial charge is 0.132 e. The molecule has 2 rings (SSSR count). The van der Waals surface area contributed by atoms with Crippen molar-refractivity contribution in [2.75, 3.05) is 0 Å². The first-order chi connectivity index (χ1) is 5.77. The first kappa shape index (κ1) is 7.47. The minimum Gasteiger partial charge on any atom is -0.302 e. The Hall–Kier alpha value is -1.18. The molecule has 0 bridgehead atoms. The molecule has 0 spiro atoms. The third-order valence-electron chi connectivity index (χ3n) is 2.44. The van der Waals surface area contributed by atoms with Gasteiger partial charge in [0.1, 0.15) is 6.29 Å². The van der Waals surface area contributed by atoms with Gasteiger partial charge in [-0.25, -0.2) is 0 Å². The van der Waals surface area contributed by atoms with E-state index in [1.54, 1.807) is 0 Å². The second-order valence-corrected chi connectivity index (χ2v) is 3.49. The number of aldehydes is 1. The number of pyridine rings is 1. The zero-order valence-corrected chi connectivity index (χ0v) is 7.08. The molecule has 1 aromatic rings. The Bertz CT molecular complexity index is 298. The predicted octanol–water partition coefficient (Wildman–Crippen LogP) is 1.62. The van der Waals surface area contributed by atoms with Crippen molar-refractivity contribution in [3.8, 4) is 0 Å². The van der Waals surface area contributed by atoms with E-state index in [2.05, 4.69) is 4.98 Å². The lowest BCUT2D eigenvalue weighted by Gasteiger charge is -2.05. The van der Waals surface area contributed by atoms with Gasteiger partial charge in [0, 0.05) is 6.20 Å². The van der Waals surface area contributed by atoms with E-state index in [4.69, 9.17) is 0 Å². The first-order valence-electron chi connectivity index (χ1n) is 4.16. The molecule has 0 unspecified atom stereocenters. The molecule has 1 aliphatic carbocycles. The number of aromatic nitrogens is 1. The maximum Gasteiger partial charge on any atom is 0.132 e. The molecular weight excluding hydrogens is 150 g/mol. The molecule has 2 nitrogen and oxygen atoms in total. The summed E-state index contributed by atoms with van der Waals surface area (Å²) in [5.41, 5.74) is 1.86. The first-order valence-corrected chi connectivity index (χ1v) is 4.16. The van der Waals surface area contributed by atoms with Crippen molar-refractivity contribution < 1.29 is 4.79 Å². The molecule has 1 heterocycles. The largest absolute Gasteiger partial charge is 0.302 e. The highest BCUT2D eigenvalue weighted by molar-refractivity contribution is 5.71. The second-order valence-electron chi connectivity index (χ2n) is 3.49. The summed E-state index contributed by atoms with van der Waals surface area (Å²) in [6.07, 6.45) is 4.78. The number of hydrogen-bond acceptors (Lipinski definition) is 2. The maximum absolute atomic E-state index is 10.7. The number of rotatable bonds is 2. The number of carbonyl (C=O) groups is 1. The molecule has 1 aromatic heterocycles. The summed E-state index contributed by atoms with van der Waals surface area (Å²) in [6, 6.07) is 3.96. The topological polar surface area (TPSA) is 30.0 Å². The normalized spacial score (nSPS) is 18.8. The predicted molar refractivity (Wildman–Crippen MR) is 46.0 cm³/mol. The van der Waals surface area contributed by atoms with Gasteiger partial charge in [-0.1, -0.05) is 6.07 Å². The van der Waals surface area contributed by atoms with Crippen molar-refractivity contribution in [2.24, 2.45) is 0 Å². The fourth-order valence-corrected chi connectivity index (χ4v) is 1.33. The van der Waals surface area contributed by atoms with E-state index in [9.17, 15) is 4.79 Å². The molecule has 0 amide bonds. The van der Waals surface area contributed by atoms with Crippen LogP contribution in [0.3, 0.4) is 0 Å². The number of nitrogens with zero attached hydrogens (tertiary/aromatic N) is 1. The summed E-state index contributed by atoms with van der Waals surface area (Å²) < 4.78 is 0. The standard InChI is InChI=1S/C10H11NO/c1-8-2-3-9(11-6-8)10(7-12)4-5-10/h2-3,6-7H,4-5H2,1H3. The zero-order valence-electron chi connectivity index (χ0n) is 7.08. The molecule has 12 heavy (non-hydrogen) atoms. The fraction of sp³-hybridized carbons (Fsp3) is 0.400. The van der Waals surface area contributed by atoms with Crippen LogP contribution < -0.4 is 0 Å². The molecule has 0 radical (unpaired) electrons. The van der Waals surface area contributed by atoms with Gasteiger partial charge in [-0.2, -0.15) is 0 Å². The summed E-state index contributed by atoms with van der Waals surface area (Å²) in [7, 11) is 0. The Labute approximate surface area is 71.6 Å². The highest BCUT2D eigenvalue weighted by Crippen LogP contribution is 2.45. The van der Waals surface area contributed by atoms with Crippen LogP contribution in [0.1, 0.15) is 24.1 Å². The van der Waals surface area contributed by atoms with Gasteiger partial charge in [0.2, 0.25) is 0 Å². The minimum atomic E-state index is -0.215. The lowest BCUT2D eigenvalue weighted by Crippen LogP contribution is -2.09. The monoisotopic (exact) mass is 161 g/mol. The van der Waals surface area contributed by atoms with Crippen LogP contribution in [0.5, 0.6) is 0 Å². The van der Waals surface area contributed by atoms with Gasteiger partial charge in [0.25, 0.3) is 0 Å². The quantitative estimate of drug-likeness (QED) is 0.617. The van der Waals surface area contributed by atoms with E-state index in [1.165, 1.54) is 0 Å². The summed E-state index contributed by atoms with van der Waals surface area (Å²) >= 11 is 0. The lowest BCUT2D eigenvalue weighted by atomic mass is 10.0. The van der Waals surface area contributed by atoms with Crippen molar-refractivity contribution in [1.82, 2.24) is 4.98 Å². The molecule has 0 atom stereocenters. The molecular formula is C10H11NO. The lowest BCUT2D eigenvalue weighted by molar-refractivity contribution is -0.109. The Morgan fingerprint density at radius 2 is 2.25 bits per heavy atom. The van der Waals surface area contributed by atoms with Crippen LogP contribution >= 0.6 is 0 Å². The number of hydrogen-bond donors (Lipinski definition) is 0. The van der Waals surface area contributed by atoms with Crippen LogP contribution in [0.2, 0.25) is 0 Å². The third-order valence-corrected chi connectivity index (χ3v) is 2.44. The molecule has 0 saturated heterocycles. The summed E-state index contributed by atoms with van der Waals surface area (Å²) in [5.74, 6) is 0. The SMILES string of the molecule is Cc1ccc(C2(C=O)CC2)nc1. The van der Waals surface area contributed by atoms with Crippen LogP contribution in [0.25, 0.3) is 0 Å². The van der Waals surface area contributed by atoms with E-state index < -0.39 is 0 Å². The molecule has 1 saturated carbocycles. The summed E-state index contributed by atoms with van der Waals surface area (Å²) in [4.78, 5) is 15.0. The second kappa shape index (κ2) is 2.41. The minimum absolute atomic E-state index is 0.215.